The molecule has 0 atom stereocenters. The van der Waals surface area contributed by atoms with Gasteiger partial charge in [-0.25, -0.2) is 4.98 Å². The molecular formula is C11H17F3N4. The van der Waals surface area contributed by atoms with Gasteiger partial charge >= 0.3 is 6.18 Å². The Kier molecular flexibility index (Phi) is 4.75. The molecule has 1 heterocycles. The number of nitrogens with one attached hydrogen (secondary N) is 1. The van der Waals surface area contributed by atoms with Gasteiger partial charge in [-0.2, -0.15) is 18.2 Å². The number of halogens is 3. The Bertz CT molecular complexity index is 392. The minimum Gasteiger partial charge on any atom is -0.360 e. The van der Waals surface area contributed by atoms with Gasteiger partial charge in [0.1, 0.15) is 5.82 Å². The summed E-state index contributed by atoms with van der Waals surface area (Å²) in [5, 5.41) is 2.78. The Morgan fingerprint density at radius 3 is 2.44 bits per heavy atom. The summed E-state index contributed by atoms with van der Waals surface area (Å²) >= 11 is 0. The van der Waals surface area contributed by atoms with E-state index in [0.717, 1.165) is 12.5 Å². The molecule has 1 rings (SSSR count). The smallest absolute Gasteiger partial charge is 0.360 e. The molecule has 0 fully saturated rings. The van der Waals surface area contributed by atoms with E-state index in [-0.39, 0.29) is 11.8 Å². The van der Waals surface area contributed by atoms with E-state index in [2.05, 4.69) is 15.3 Å². The zero-order valence-corrected chi connectivity index (χ0v) is 10.7. The third kappa shape index (κ3) is 3.75. The van der Waals surface area contributed by atoms with Crippen molar-refractivity contribution in [1.29, 1.82) is 0 Å². The molecule has 0 amide bonds. The fraction of sp³-hybridized carbons (Fsp3) is 0.636. The summed E-state index contributed by atoms with van der Waals surface area (Å²) in [4.78, 5) is 9.18. The summed E-state index contributed by atoms with van der Waals surface area (Å²) in [6.45, 7) is 4.87. The molecule has 0 aromatic carbocycles. The molecule has 0 aliphatic rings. The molecule has 102 valence electrons. The van der Waals surface area contributed by atoms with Crippen molar-refractivity contribution in [3.8, 4) is 0 Å². The van der Waals surface area contributed by atoms with Gasteiger partial charge in [-0.1, -0.05) is 6.92 Å². The average Bonchev–Trinajstić information content (AvgIpc) is 2.33. The average molecular weight is 262 g/mol. The van der Waals surface area contributed by atoms with Gasteiger partial charge in [-0.15, -0.1) is 0 Å². The first-order valence-corrected chi connectivity index (χ1v) is 5.79. The van der Waals surface area contributed by atoms with E-state index >= 15 is 0 Å². The van der Waals surface area contributed by atoms with Gasteiger partial charge in [0, 0.05) is 26.2 Å². The van der Waals surface area contributed by atoms with Crippen molar-refractivity contribution >= 4 is 11.8 Å². The van der Waals surface area contributed by atoms with E-state index in [1.54, 1.807) is 11.9 Å². The number of hydrogen-bond donors (Lipinski definition) is 1. The predicted octanol–water partition coefficient (Wildman–Crippen LogP) is 2.77. The van der Waals surface area contributed by atoms with E-state index in [4.69, 9.17) is 0 Å². The second-order valence-corrected chi connectivity index (χ2v) is 3.87. The van der Waals surface area contributed by atoms with Crippen LogP contribution in [-0.4, -0.2) is 30.1 Å². The SMILES string of the molecule is CCCNc1nc(N(C)CC)cc(C(F)(F)F)n1. The summed E-state index contributed by atoms with van der Waals surface area (Å²) in [7, 11) is 1.69. The van der Waals surface area contributed by atoms with Crippen LogP contribution in [0.15, 0.2) is 6.07 Å². The topological polar surface area (TPSA) is 41.1 Å². The molecule has 0 radical (unpaired) electrons. The molecule has 1 aromatic rings. The van der Waals surface area contributed by atoms with Gasteiger partial charge in [-0.05, 0) is 13.3 Å². The summed E-state index contributed by atoms with van der Waals surface area (Å²) in [5.74, 6) is 0.278. The maximum Gasteiger partial charge on any atom is 0.433 e. The van der Waals surface area contributed by atoms with Gasteiger partial charge in [0.15, 0.2) is 5.69 Å². The molecule has 0 saturated carbocycles. The molecule has 0 spiro atoms. The molecule has 4 nitrogen and oxygen atoms in total. The molecule has 1 aromatic heterocycles. The van der Waals surface area contributed by atoms with Crippen LogP contribution in [0.25, 0.3) is 0 Å². The number of aromatic nitrogens is 2. The number of hydrogen-bond acceptors (Lipinski definition) is 4. The summed E-state index contributed by atoms with van der Waals surface area (Å²) < 4.78 is 38.1. The molecule has 0 aliphatic carbocycles. The Labute approximate surface area is 104 Å². The van der Waals surface area contributed by atoms with Crippen LogP contribution in [0.4, 0.5) is 24.9 Å². The Morgan fingerprint density at radius 2 is 1.94 bits per heavy atom. The molecule has 1 N–H and O–H groups in total. The van der Waals surface area contributed by atoms with E-state index in [1.807, 2.05) is 13.8 Å². The van der Waals surface area contributed by atoms with Crippen molar-refractivity contribution < 1.29 is 13.2 Å². The summed E-state index contributed by atoms with van der Waals surface area (Å²) in [5.41, 5.74) is -0.925. The van der Waals surface area contributed by atoms with Crippen molar-refractivity contribution in [3.05, 3.63) is 11.8 Å². The fourth-order valence-corrected chi connectivity index (χ4v) is 1.25. The number of rotatable bonds is 5. The lowest BCUT2D eigenvalue weighted by Gasteiger charge is -2.18. The quantitative estimate of drug-likeness (QED) is 0.886. The normalized spacial score (nSPS) is 11.4. The largest absolute Gasteiger partial charge is 0.433 e. The number of alkyl halides is 3. The van der Waals surface area contributed by atoms with Crippen molar-refractivity contribution in [2.24, 2.45) is 0 Å². The summed E-state index contributed by atoms with van der Waals surface area (Å²) in [6, 6.07) is 0.959. The van der Waals surface area contributed by atoms with Crippen LogP contribution < -0.4 is 10.2 Å². The van der Waals surface area contributed by atoms with Crippen LogP contribution in [0.3, 0.4) is 0 Å². The highest BCUT2D eigenvalue weighted by molar-refractivity contribution is 5.44. The van der Waals surface area contributed by atoms with Crippen molar-refractivity contribution in [1.82, 2.24) is 9.97 Å². The van der Waals surface area contributed by atoms with Crippen molar-refractivity contribution in [2.45, 2.75) is 26.4 Å². The molecule has 0 saturated heterocycles. The Hall–Kier alpha value is -1.53. The maximum atomic E-state index is 12.7. The number of anilines is 2. The predicted molar refractivity (Wildman–Crippen MR) is 64.8 cm³/mol. The third-order valence-electron chi connectivity index (χ3n) is 2.40. The Morgan fingerprint density at radius 1 is 1.28 bits per heavy atom. The fourth-order valence-electron chi connectivity index (χ4n) is 1.25. The third-order valence-corrected chi connectivity index (χ3v) is 2.40. The van der Waals surface area contributed by atoms with Gasteiger partial charge in [0.2, 0.25) is 5.95 Å². The standard InChI is InChI=1S/C11H17F3N4/c1-4-6-15-10-16-8(11(12,13)14)7-9(17-10)18(3)5-2/h7H,4-6H2,1-3H3,(H,15,16,17). The van der Waals surface area contributed by atoms with Crippen molar-refractivity contribution in [2.75, 3.05) is 30.4 Å². The lowest BCUT2D eigenvalue weighted by molar-refractivity contribution is -0.141. The van der Waals surface area contributed by atoms with E-state index < -0.39 is 11.9 Å². The van der Waals surface area contributed by atoms with Crippen LogP contribution >= 0.6 is 0 Å². The second-order valence-electron chi connectivity index (χ2n) is 3.87. The minimum atomic E-state index is -4.46. The minimum absolute atomic E-state index is 0.0157. The molecule has 0 unspecified atom stereocenters. The van der Waals surface area contributed by atoms with Crippen LogP contribution in [-0.2, 0) is 6.18 Å². The summed E-state index contributed by atoms with van der Waals surface area (Å²) in [6.07, 6.45) is -3.67. The van der Waals surface area contributed by atoms with Gasteiger partial charge in [-0.3, -0.25) is 0 Å². The Balaban J connectivity index is 3.12. The van der Waals surface area contributed by atoms with Crippen LogP contribution in [0.1, 0.15) is 26.0 Å². The zero-order valence-electron chi connectivity index (χ0n) is 10.7. The molecule has 0 bridgehead atoms. The van der Waals surface area contributed by atoms with Crippen molar-refractivity contribution in [3.63, 3.8) is 0 Å². The monoisotopic (exact) mass is 262 g/mol. The first-order valence-electron chi connectivity index (χ1n) is 5.79. The first-order chi connectivity index (χ1) is 8.38. The maximum absolute atomic E-state index is 12.7. The van der Waals surface area contributed by atoms with Crippen LogP contribution in [0.5, 0.6) is 0 Å². The van der Waals surface area contributed by atoms with E-state index in [1.165, 1.54) is 0 Å². The lowest BCUT2D eigenvalue weighted by Crippen LogP contribution is -2.21. The van der Waals surface area contributed by atoms with Gasteiger partial charge < -0.3 is 10.2 Å². The lowest BCUT2D eigenvalue weighted by atomic mass is 10.3. The number of nitrogens with zero attached hydrogens (tertiary/aromatic N) is 3. The molecule has 0 aliphatic heterocycles. The van der Waals surface area contributed by atoms with Gasteiger partial charge in [0.25, 0.3) is 0 Å². The molecular weight excluding hydrogens is 245 g/mol. The highest BCUT2D eigenvalue weighted by Gasteiger charge is 2.34. The van der Waals surface area contributed by atoms with Crippen LogP contribution in [0, 0.1) is 0 Å². The highest BCUT2D eigenvalue weighted by atomic mass is 19.4. The molecule has 7 heteroatoms. The zero-order chi connectivity index (χ0) is 13.8. The second kappa shape index (κ2) is 5.88. The first kappa shape index (κ1) is 14.5. The van der Waals surface area contributed by atoms with E-state index in [0.29, 0.717) is 13.1 Å². The molecule has 18 heavy (non-hydrogen) atoms. The van der Waals surface area contributed by atoms with Gasteiger partial charge in [0.05, 0.1) is 0 Å². The van der Waals surface area contributed by atoms with Crippen LogP contribution in [0.2, 0.25) is 0 Å². The van der Waals surface area contributed by atoms with E-state index in [9.17, 15) is 13.2 Å². The highest BCUT2D eigenvalue weighted by Crippen LogP contribution is 2.30.